The second-order valence-corrected chi connectivity index (χ2v) is 2.87. The third kappa shape index (κ3) is 4.01. The topological polar surface area (TPSA) is 47.7 Å². The van der Waals surface area contributed by atoms with Gasteiger partial charge in [0.1, 0.15) is 0 Å². The molecule has 0 rings (SSSR count). The molecule has 4 heteroatoms. The zero-order valence-electron chi connectivity index (χ0n) is 8.41. The lowest BCUT2D eigenvalue weighted by atomic mass is 10.3. The van der Waals surface area contributed by atoms with E-state index in [9.17, 15) is 0 Å². The maximum Gasteiger partial charge on any atom is 0.153 e. The SMILES string of the molecule is CCC(C)ON(C)C(CC)ON. The number of nitrogens with two attached hydrogens (primary N) is 1. The molecule has 74 valence electrons. The molecule has 0 aliphatic heterocycles. The number of hydrogen-bond acceptors (Lipinski definition) is 4. The third-order valence-corrected chi connectivity index (χ3v) is 1.83. The van der Waals surface area contributed by atoms with E-state index in [2.05, 4.69) is 6.92 Å². The van der Waals surface area contributed by atoms with Crippen LogP contribution in [-0.2, 0) is 9.68 Å². The quantitative estimate of drug-likeness (QED) is 0.489. The molecule has 0 bridgehead atoms. The smallest absolute Gasteiger partial charge is 0.153 e. The van der Waals surface area contributed by atoms with E-state index < -0.39 is 0 Å². The predicted octanol–water partition coefficient (Wildman–Crippen LogP) is 1.27. The number of hydrogen-bond donors (Lipinski definition) is 1. The van der Waals surface area contributed by atoms with E-state index in [1.165, 1.54) is 0 Å². The minimum absolute atomic E-state index is 0.154. The first-order chi connectivity index (χ1) is 5.65. The van der Waals surface area contributed by atoms with E-state index in [0.29, 0.717) is 0 Å². The molecule has 0 aliphatic rings. The van der Waals surface area contributed by atoms with Crippen LogP contribution in [-0.4, -0.2) is 24.4 Å². The average molecular weight is 176 g/mol. The lowest BCUT2D eigenvalue weighted by molar-refractivity contribution is -0.262. The Bertz CT molecular complexity index is 107. The molecule has 0 amide bonds. The molecule has 0 aromatic heterocycles. The van der Waals surface area contributed by atoms with E-state index in [1.807, 2.05) is 20.9 Å². The Morgan fingerprint density at radius 3 is 2.25 bits per heavy atom. The van der Waals surface area contributed by atoms with E-state index in [0.717, 1.165) is 12.8 Å². The minimum Gasteiger partial charge on any atom is -0.294 e. The standard InChI is InChI=1S/C8H20N2O2/c1-5-7(3)12-10(4)8(6-2)11-9/h7-8H,5-6,9H2,1-4H3. The Balaban J connectivity index is 3.75. The van der Waals surface area contributed by atoms with Gasteiger partial charge in [0, 0.05) is 7.05 Å². The van der Waals surface area contributed by atoms with Crippen LogP contribution in [0.4, 0.5) is 0 Å². The normalized spacial score (nSPS) is 16.5. The highest BCUT2D eigenvalue weighted by molar-refractivity contribution is 4.48. The molecular formula is C8H20N2O2. The summed E-state index contributed by atoms with van der Waals surface area (Å²) in [5.74, 6) is 5.08. The van der Waals surface area contributed by atoms with Crippen molar-refractivity contribution in [3.63, 3.8) is 0 Å². The lowest BCUT2D eigenvalue weighted by Crippen LogP contribution is -2.37. The van der Waals surface area contributed by atoms with Crippen molar-refractivity contribution in [1.29, 1.82) is 0 Å². The van der Waals surface area contributed by atoms with Crippen LogP contribution in [0.5, 0.6) is 0 Å². The maximum absolute atomic E-state index is 5.47. The first-order valence-electron chi connectivity index (χ1n) is 4.40. The molecule has 4 nitrogen and oxygen atoms in total. The Labute approximate surface area is 74.5 Å². The monoisotopic (exact) mass is 176 g/mol. The highest BCUT2D eigenvalue weighted by Gasteiger charge is 2.14. The minimum atomic E-state index is -0.154. The number of hydroxylamine groups is 2. The summed E-state index contributed by atoms with van der Waals surface area (Å²) in [5, 5.41) is 1.66. The molecular weight excluding hydrogens is 156 g/mol. The van der Waals surface area contributed by atoms with E-state index in [-0.39, 0.29) is 12.3 Å². The molecule has 0 aromatic rings. The van der Waals surface area contributed by atoms with Crippen molar-refractivity contribution in [2.45, 2.75) is 45.9 Å². The van der Waals surface area contributed by atoms with Gasteiger partial charge >= 0.3 is 0 Å². The highest BCUT2D eigenvalue weighted by Crippen LogP contribution is 2.06. The van der Waals surface area contributed by atoms with Gasteiger partial charge in [-0.05, 0) is 19.8 Å². The van der Waals surface area contributed by atoms with Crippen molar-refractivity contribution in [1.82, 2.24) is 5.06 Å². The van der Waals surface area contributed by atoms with E-state index >= 15 is 0 Å². The van der Waals surface area contributed by atoms with Crippen molar-refractivity contribution in [3.05, 3.63) is 0 Å². The van der Waals surface area contributed by atoms with Crippen LogP contribution in [0.15, 0.2) is 0 Å². The Morgan fingerprint density at radius 1 is 1.33 bits per heavy atom. The molecule has 0 aromatic carbocycles. The summed E-state index contributed by atoms with van der Waals surface area (Å²) < 4.78 is 0. The second kappa shape index (κ2) is 6.37. The van der Waals surface area contributed by atoms with Gasteiger partial charge < -0.3 is 0 Å². The summed E-state index contributed by atoms with van der Waals surface area (Å²) in [7, 11) is 1.83. The van der Waals surface area contributed by atoms with Gasteiger partial charge in [0.2, 0.25) is 0 Å². The summed E-state index contributed by atoms with van der Waals surface area (Å²) in [5.41, 5.74) is 0. The number of rotatable bonds is 6. The molecule has 0 saturated carbocycles. The Hall–Kier alpha value is -0.160. The number of nitrogens with zero attached hydrogens (tertiary/aromatic N) is 1. The molecule has 2 N–H and O–H groups in total. The predicted molar refractivity (Wildman–Crippen MR) is 48.0 cm³/mol. The Kier molecular flexibility index (Phi) is 6.28. The van der Waals surface area contributed by atoms with Crippen molar-refractivity contribution in [2.75, 3.05) is 7.05 Å². The maximum atomic E-state index is 5.47. The summed E-state index contributed by atoms with van der Waals surface area (Å²) in [6, 6.07) is 0. The fraction of sp³-hybridized carbons (Fsp3) is 1.00. The largest absolute Gasteiger partial charge is 0.294 e. The summed E-state index contributed by atoms with van der Waals surface area (Å²) in [6.45, 7) is 6.08. The van der Waals surface area contributed by atoms with Gasteiger partial charge in [-0.25, -0.2) is 5.90 Å². The van der Waals surface area contributed by atoms with Gasteiger partial charge in [-0.2, -0.15) is 5.06 Å². The van der Waals surface area contributed by atoms with Gasteiger partial charge in [-0.1, -0.05) is 13.8 Å². The van der Waals surface area contributed by atoms with Crippen LogP contribution in [0.25, 0.3) is 0 Å². The summed E-state index contributed by atoms with van der Waals surface area (Å²) >= 11 is 0. The van der Waals surface area contributed by atoms with Crippen LogP contribution in [0.1, 0.15) is 33.6 Å². The van der Waals surface area contributed by atoms with Crippen LogP contribution >= 0.6 is 0 Å². The first kappa shape index (κ1) is 11.8. The van der Waals surface area contributed by atoms with Crippen molar-refractivity contribution >= 4 is 0 Å². The van der Waals surface area contributed by atoms with E-state index in [1.54, 1.807) is 5.06 Å². The van der Waals surface area contributed by atoms with Crippen LogP contribution in [0.3, 0.4) is 0 Å². The van der Waals surface area contributed by atoms with Crippen molar-refractivity contribution < 1.29 is 9.68 Å². The zero-order chi connectivity index (χ0) is 9.56. The van der Waals surface area contributed by atoms with Gasteiger partial charge in [-0.3, -0.25) is 9.68 Å². The molecule has 0 spiro atoms. The highest BCUT2D eigenvalue weighted by atomic mass is 16.7. The van der Waals surface area contributed by atoms with Gasteiger partial charge in [0.25, 0.3) is 0 Å². The molecule has 12 heavy (non-hydrogen) atoms. The molecule has 0 fully saturated rings. The van der Waals surface area contributed by atoms with Gasteiger partial charge in [0.15, 0.2) is 6.23 Å². The molecule has 2 unspecified atom stereocenters. The zero-order valence-corrected chi connectivity index (χ0v) is 8.41. The Morgan fingerprint density at radius 2 is 1.92 bits per heavy atom. The van der Waals surface area contributed by atoms with E-state index in [4.69, 9.17) is 15.6 Å². The van der Waals surface area contributed by atoms with Crippen molar-refractivity contribution in [3.8, 4) is 0 Å². The summed E-state index contributed by atoms with van der Waals surface area (Å²) in [4.78, 5) is 10.2. The van der Waals surface area contributed by atoms with Gasteiger partial charge in [-0.15, -0.1) is 0 Å². The van der Waals surface area contributed by atoms with Gasteiger partial charge in [0.05, 0.1) is 6.10 Å². The average Bonchev–Trinajstić information content (AvgIpc) is 2.06. The molecule has 0 saturated heterocycles. The second-order valence-electron chi connectivity index (χ2n) is 2.87. The van der Waals surface area contributed by atoms with Crippen molar-refractivity contribution in [2.24, 2.45) is 5.90 Å². The molecule has 0 aliphatic carbocycles. The third-order valence-electron chi connectivity index (χ3n) is 1.83. The fourth-order valence-electron chi connectivity index (χ4n) is 0.865. The molecule has 0 heterocycles. The first-order valence-corrected chi connectivity index (χ1v) is 4.40. The lowest BCUT2D eigenvalue weighted by Gasteiger charge is -2.26. The van der Waals surface area contributed by atoms with Crippen LogP contribution < -0.4 is 5.90 Å². The fourth-order valence-corrected chi connectivity index (χ4v) is 0.865. The van der Waals surface area contributed by atoms with Crippen LogP contribution in [0, 0.1) is 0 Å². The molecule has 2 atom stereocenters. The van der Waals surface area contributed by atoms with Crippen LogP contribution in [0.2, 0.25) is 0 Å². The molecule has 0 radical (unpaired) electrons. The summed E-state index contributed by atoms with van der Waals surface area (Å²) in [6.07, 6.45) is 1.84.